The van der Waals surface area contributed by atoms with Crippen LogP contribution in [0.25, 0.3) is 0 Å². The number of carbonyl (C=O) groups excluding carboxylic acids is 1. The molecule has 0 spiro atoms. The maximum Gasteiger partial charge on any atom is 0.217 e. The highest BCUT2D eigenvalue weighted by molar-refractivity contribution is 6.29. The summed E-state index contributed by atoms with van der Waals surface area (Å²) in [4.78, 5) is 24.9. The number of piperazine rings is 1. The molecule has 1 fully saturated rings. The van der Waals surface area contributed by atoms with Crippen molar-refractivity contribution in [2.45, 2.75) is 46.1 Å². The summed E-state index contributed by atoms with van der Waals surface area (Å²) >= 11 is 6.15. The first kappa shape index (κ1) is 18.9. The third-order valence-electron chi connectivity index (χ3n) is 4.04. The van der Waals surface area contributed by atoms with Gasteiger partial charge in [0.2, 0.25) is 5.91 Å². The van der Waals surface area contributed by atoms with Crippen LogP contribution < -0.4 is 10.2 Å². The van der Waals surface area contributed by atoms with E-state index in [4.69, 9.17) is 11.6 Å². The van der Waals surface area contributed by atoms with Crippen molar-refractivity contribution < 1.29 is 4.79 Å². The van der Waals surface area contributed by atoms with E-state index in [1.165, 1.54) is 0 Å². The van der Waals surface area contributed by atoms with Crippen molar-refractivity contribution in [3.63, 3.8) is 0 Å². The summed E-state index contributed by atoms with van der Waals surface area (Å²) in [6, 6.07) is 1.84. The van der Waals surface area contributed by atoms with Crippen molar-refractivity contribution >= 4 is 23.3 Å². The predicted molar refractivity (Wildman–Crippen MR) is 97.7 cm³/mol. The Hall–Kier alpha value is -1.40. The maximum absolute atomic E-state index is 11.3. The molecule has 134 valence electrons. The Morgan fingerprint density at radius 1 is 1.29 bits per heavy atom. The lowest BCUT2D eigenvalue weighted by atomic mass is 10.0. The molecule has 2 heterocycles. The van der Waals surface area contributed by atoms with Crippen molar-refractivity contribution in [2.75, 3.05) is 37.6 Å². The second-order valence-corrected chi connectivity index (χ2v) is 7.78. The van der Waals surface area contributed by atoms with Crippen molar-refractivity contribution in [2.24, 2.45) is 0 Å². The average Bonchev–Trinajstić information content (AvgIpc) is 2.45. The van der Waals surface area contributed by atoms with Crippen molar-refractivity contribution in [3.8, 4) is 0 Å². The summed E-state index contributed by atoms with van der Waals surface area (Å²) in [6.45, 7) is 14.3. The molecule has 6 nitrogen and oxygen atoms in total. The molecule has 1 N–H and O–H groups in total. The van der Waals surface area contributed by atoms with Crippen LogP contribution in [0.3, 0.4) is 0 Å². The van der Waals surface area contributed by atoms with Gasteiger partial charge in [0.25, 0.3) is 0 Å². The Bertz CT molecular complexity index is 582. The molecule has 1 aromatic heterocycles. The SMILES string of the molecule is CC(=O)NC(C)(C)CN1CCN(c2cc(Cl)nc(C(C)C)n2)CC1. The van der Waals surface area contributed by atoms with Gasteiger partial charge in [-0.15, -0.1) is 0 Å². The van der Waals surface area contributed by atoms with Crippen LogP contribution in [0.5, 0.6) is 0 Å². The Balaban J connectivity index is 1.97. The van der Waals surface area contributed by atoms with Gasteiger partial charge in [-0.2, -0.15) is 0 Å². The number of rotatable bonds is 5. The molecule has 0 saturated carbocycles. The molecule has 7 heteroatoms. The van der Waals surface area contributed by atoms with Crippen LogP contribution in [0.15, 0.2) is 6.07 Å². The minimum atomic E-state index is -0.225. The lowest BCUT2D eigenvalue weighted by Gasteiger charge is -2.39. The molecule has 2 rings (SSSR count). The molecule has 1 saturated heterocycles. The van der Waals surface area contributed by atoms with Crippen LogP contribution in [-0.2, 0) is 4.79 Å². The zero-order valence-electron chi connectivity index (χ0n) is 15.3. The minimum Gasteiger partial charge on any atom is -0.354 e. The highest BCUT2D eigenvalue weighted by atomic mass is 35.5. The molecule has 0 unspecified atom stereocenters. The van der Waals surface area contributed by atoms with Crippen LogP contribution >= 0.6 is 11.6 Å². The normalized spacial score (nSPS) is 16.5. The Morgan fingerprint density at radius 2 is 1.92 bits per heavy atom. The van der Waals surface area contributed by atoms with Crippen molar-refractivity contribution in [1.82, 2.24) is 20.2 Å². The fraction of sp³-hybridized carbons (Fsp3) is 0.706. The monoisotopic (exact) mass is 353 g/mol. The first-order valence-corrected chi connectivity index (χ1v) is 8.84. The standard InChI is InChI=1S/C17H28ClN5O/c1-12(2)16-19-14(18)10-15(20-16)23-8-6-22(7-9-23)11-17(4,5)21-13(3)24/h10,12H,6-9,11H2,1-5H3,(H,21,24). The quantitative estimate of drug-likeness (QED) is 0.823. The Labute approximate surface area is 149 Å². The van der Waals surface area contributed by atoms with Crippen LogP contribution in [0.4, 0.5) is 5.82 Å². The fourth-order valence-corrected chi connectivity index (χ4v) is 3.24. The molecular formula is C17H28ClN5O. The number of anilines is 1. The predicted octanol–water partition coefficient (Wildman–Crippen LogP) is 2.29. The van der Waals surface area contributed by atoms with E-state index in [0.717, 1.165) is 44.4 Å². The zero-order chi connectivity index (χ0) is 17.9. The Morgan fingerprint density at radius 3 is 2.46 bits per heavy atom. The summed E-state index contributed by atoms with van der Waals surface area (Å²) in [5, 5.41) is 3.50. The van der Waals surface area contributed by atoms with Gasteiger partial charge < -0.3 is 10.2 Å². The molecule has 1 aliphatic rings. The second kappa shape index (κ2) is 7.66. The van der Waals surface area contributed by atoms with Crippen molar-refractivity contribution in [3.05, 3.63) is 17.0 Å². The van der Waals surface area contributed by atoms with Crippen LogP contribution in [-0.4, -0.2) is 59.0 Å². The third kappa shape index (κ3) is 5.31. The number of hydrogen-bond donors (Lipinski definition) is 1. The van der Waals surface area contributed by atoms with Gasteiger partial charge in [0.1, 0.15) is 16.8 Å². The molecular weight excluding hydrogens is 326 g/mol. The van der Waals surface area contributed by atoms with Crippen LogP contribution in [0.1, 0.15) is 46.4 Å². The second-order valence-electron chi connectivity index (χ2n) is 7.39. The van der Waals surface area contributed by atoms with E-state index in [0.29, 0.717) is 5.15 Å². The van der Waals surface area contributed by atoms with Gasteiger partial charge in [0, 0.05) is 57.2 Å². The number of carbonyl (C=O) groups is 1. The topological polar surface area (TPSA) is 61.4 Å². The Kier molecular flexibility index (Phi) is 6.04. The summed E-state index contributed by atoms with van der Waals surface area (Å²) in [7, 11) is 0. The summed E-state index contributed by atoms with van der Waals surface area (Å²) in [5.41, 5.74) is -0.225. The molecule has 0 aliphatic carbocycles. The van der Waals surface area contributed by atoms with E-state index in [9.17, 15) is 4.79 Å². The van der Waals surface area contributed by atoms with E-state index >= 15 is 0 Å². The van der Waals surface area contributed by atoms with E-state index in [1.54, 1.807) is 6.92 Å². The summed E-state index contributed by atoms with van der Waals surface area (Å²) in [5.74, 6) is 1.95. The highest BCUT2D eigenvalue weighted by Crippen LogP contribution is 2.21. The van der Waals surface area contributed by atoms with E-state index < -0.39 is 0 Å². The maximum atomic E-state index is 11.3. The molecule has 0 bridgehead atoms. The number of amides is 1. The lowest BCUT2D eigenvalue weighted by molar-refractivity contribution is -0.120. The molecule has 1 aliphatic heterocycles. The molecule has 0 aromatic carbocycles. The van der Waals surface area contributed by atoms with E-state index in [1.807, 2.05) is 6.07 Å². The molecule has 0 radical (unpaired) electrons. The van der Waals surface area contributed by atoms with Gasteiger partial charge in [0.05, 0.1) is 0 Å². The first-order valence-electron chi connectivity index (χ1n) is 8.47. The van der Waals surface area contributed by atoms with Gasteiger partial charge in [-0.1, -0.05) is 25.4 Å². The number of halogens is 1. The lowest BCUT2D eigenvalue weighted by Crippen LogP contribution is -2.55. The molecule has 24 heavy (non-hydrogen) atoms. The summed E-state index contributed by atoms with van der Waals surface area (Å²) < 4.78 is 0. The van der Waals surface area contributed by atoms with Gasteiger partial charge in [-0.05, 0) is 13.8 Å². The van der Waals surface area contributed by atoms with Gasteiger partial charge in [-0.25, -0.2) is 9.97 Å². The molecule has 1 aromatic rings. The molecule has 0 atom stereocenters. The highest BCUT2D eigenvalue weighted by Gasteiger charge is 2.26. The number of aromatic nitrogens is 2. The average molecular weight is 354 g/mol. The van der Waals surface area contributed by atoms with Gasteiger partial charge in [0.15, 0.2) is 0 Å². The molecule has 1 amide bonds. The van der Waals surface area contributed by atoms with Gasteiger partial charge >= 0.3 is 0 Å². The first-order chi connectivity index (χ1) is 11.2. The van der Waals surface area contributed by atoms with E-state index in [2.05, 4.69) is 52.8 Å². The fourth-order valence-electron chi connectivity index (χ4n) is 3.05. The van der Waals surface area contributed by atoms with Crippen LogP contribution in [0, 0.1) is 0 Å². The van der Waals surface area contributed by atoms with Crippen molar-refractivity contribution in [1.29, 1.82) is 0 Å². The van der Waals surface area contributed by atoms with Crippen LogP contribution in [0.2, 0.25) is 5.15 Å². The number of hydrogen-bond acceptors (Lipinski definition) is 5. The largest absolute Gasteiger partial charge is 0.354 e. The smallest absolute Gasteiger partial charge is 0.217 e. The number of nitrogens with one attached hydrogen (secondary N) is 1. The zero-order valence-corrected chi connectivity index (χ0v) is 16.0. The summed E-state index contributed by atoms with van der Waals surface area (Å²) in [6.07, 6.45) is 0. The minimum absolute atomic E-state index is 0.00970. The number of nitrogens with zero attached hydrogens (tertiary/aromatic N) is 4. The van der Waals surface area contributed by atoms with E-state index in [-0.39, 0.29) is 17.4 Å². The van der Waals surface area contributed by atoms with Gasteiger partial charge in [-0.3, -0.25) is 9.69 Å². The third-order valence-corrected chi connectivity index (χ3v) is 4.24.